The molecular formula is C25H39N3O6. The van der Waals surface area contributed by atoms with Crippen LogP contribution >= 0.6 is 0 Å². The molecule has 0 bridgehead atoms. The number of ether oxygens (including phenoxy) is 3. The van der Waals surface area contributed by atoms with E-state index in [1.54, 1.807) is 0 Å². The normalized spacial score (nSPS) is 40.4. The number of allylic oxidation sites excluding steroid dienone is 1. The number of carbonyl (C=O) groups is 2. The number of carboxylic acids is 1. The second kappa shape index (κ2) is 9.85. The van der Waals surface area contributed by atoms with Crippen molar-refractivity contribution in [2.24, 2.45) is 5.92 Å². The SMILES string of the molecule is CC(=O)[O-].CC[C@H]1C=CCC[C@@]2(C[C@@H]3CC[C@@H]4[C@H](C(=O)OC)[C@]5(CCC[C@@H](C)O5)NC(=[N+]34)N2)O1. The number of aliphatic carboxylic acids is 1. The Morgan fingerprint density at radius 3 is 2.68 bits per heavy atom. The van der Waals surface area contributed by atoms with Crippen LogP contribution in [0.1, 0.15) is 78.6 Å². The minimum Gasteiger partial charge on any atom is -0.550 e. The molecule has 0 aromatic carbocycles. The highest BCUT2D eigenvalue weighted by Crippen LogP contribution is 2.45. The summed E-state index contributed by atoms with van der Waals surface area (Å²) in [7, 11) is 1.49. The maximum Gasteiger partial charge on any atom is 0.350 e. The fourth-order valence-electron chi connectivity index (χ4n) is 6.52. The van der Waals surface area contributed by atoms with Crippen LogP contribution in [0.5, 0.6) is 0 Å². The van der Waals surface area contributed by atoms with E-state index >= 15 is 0 Å². The zero-order valence-corrected chi connectivity index (χ0v) is 20.8. The fourth-order valence-corrected chi connectivity index (χ4v) is 6.52. The highest BCUT2D eigenvalue weighted by Gasteiger charge is 2.64. The number of rotatable bonds is 2. The fraction of sp³-hybridized carbons (Fsp3) is 0.800. The van der Waals surface area contributed by atoms with Gasteiger partial charge in [-0.15, -0.1) is 0 Å². The lowest BCUT2D eigenvalue weighted by molar-refractivity contribution is -0.609. The molecule has 0 aromatic heterocycles. The van der Waals surface area contributed by atoms with E-state index in [2.05, 4.69) is 41.2 Å². The molecule has 5 rings (SSSR count). The molecule has 190 valence electrons. The molecule has 0 saturated carbocycles. The molecule has 0 amide bonds. The van der Waals surface area contributed by atoms with Crippen molar-refractivity contribution in [3.8, 4) is 0 Å². The summed E-state index contributed by atoms with van der Waals surface area (Å²) in [5.41, 5.74) is -1.09. The van der Waals surface area contributed by atoms with Gasteiger partial charge in [-0.05, 0) is 52.4 Å². The number of guanidine groups is 1. The first-order valence-electron chi connectivity index (χ1n) is 12.7. The number of carboxylic acid groups (broad SMARTS) is 1. The maximum absolute atomic E-state index is 13.0. The molecule has 9 heteroatoms. The largest absolute Gasteiger partial charge is 0.550 e. The molecule has 0 radical (unpaired) electrons. The van der Waals surface area contributed by atoms with E-state index in [4.69, 9.17) is 24.1 Å². The number of carbonyl (C=O) groups excluding carboxylic acids is 2. The minimum atomic E-state index is -1.08. The molecule has 34 heavy (non-hydrogen) atoms. The van der Waals surface area contributed by atoms with E-state index in [-0.39, 0.29) is 35.9 Å². The van der Waals surface area contributed by atoms with Crippen LogP contribution < -0.4 is 15.7 Å². The lowest BCUT2D eigenvalue weighted by Gasteiger charge is -2.50. The Hall–Kier alpha value is -2.13. The molecule has 5 heterocycles. The summed E-state index contributed by atoms with van der Waals surface area (Å²) in [6, 6.07) is 0.458. The first-order valence-corrected chi connectivity index (χ1v) is 12.7. The summed E-state index contributed by atoms with van der Waals surface area (Å²) < 4.78 is 20.9. The molecule has 2 spiro atoms. The van der Waals surface area contributed by atoms with Crippen molar-refractivity contribution in [3.05, 3.63) is 12.2 Å². The van der Waals surface area contributed by atoms with Gasteiger partial charge in [-0.1, -0.05) is 19.1 Å². The van der Waals surface area contributed by atoms with Crippen molar-refractivity contribution in [1.29, 1.82) is 0 Å². The Kier molecular flexibility index (Phi) is 7.24. The Bertz CT molecular complexity index is 856. The van der Waals surface area contributed by atoms with Crippen molar-refractivity contribution in [2.45, 2.75) is 114 Å². The summed E-state index contributed by atoms with van der Waals surface area (Å²) in [5.74, 6) is -0.586. The van der Waals surface area contributed by atoms with Gasteiger partial charge in [-0.3, -0.25) is 9.37 Å². The minimum absolute atomic E-state index is 0.0970. The standard InChI is InChI=1S/C23H35N3O4.C2H4O2/c1-4-17-9-5-6-12-22(30-17)14-16-10-11-18-19(20(27)28-3)23(13-7-8-15(2)29-23)25-21(24-22)26(16)18;1-2(3)4/h5,9,15-19H,4,6-8,10-14H2,1-3H3,(H,24,25);1H3,(H,3,4)/t15-,16+,17+,18-,19-,22+,23-;/m1./s1. The smallest absolute Gasteiger partial charge is 0.350 e. The van der Waals surface area contributed by atoms with Gasteiger partial charge in [0.05, 0.1) is 31.4 Å². The van der Waals surface area contributed by atoms with E-state index in [1.807, 2.05) is 0 Å². The highest BCUT2D eigenvalue weighted by atomic mass is 16.5. The number of hydrogen-bond donors (Lipinski definition) is 2. The van der Waals surface area contributed by atoms with Gasteiger partial charge in [0.25, 0.3) is 0 Å². The van der Waals surface area contributed by atoms with Crippen molar-refractivity contribution < 1.29 is 33.5 Å². The molecule has 9 nitrogen and oxygen atoms in total. The van der Waals surface area contributed by atoms with Gasteiger partial charge in [-0.2, -0.15) is 0 Å². The molecule has 5 aliphatic heterocycles. The summed E-state index contributed by atoms with van der Waals surface area (Å²) >= 11 is 0. The quantitative estimate of drug-likeness (QED) is 0.346. The molecule has 2 fully saturated rings. The van der Waals surface area contributed by atoms with Crippen LogP contribution in [-0.2, 0) is 23.8 Å². The van der Waals surface area contributed by atoms with Gasteiger partial charge in [0, 0.05) is 25.2 Å². The Morgan fingerprint density at radius 1 is 1.24 bits per heavy atom. The van der Waals surface area contributed by atoms with Crippen LogP contribution in [0.3, 0.4) is 0 Å². The third-order valence-corrected chi connectivity index (χ3v) is 7.80. The summed E-state index contributed by atoms with van der Waals surface area (Å²) in [6.45, 7) is 5.25. The zero-order valence-electron chi connectivity index (χ0n) is 20.8. The topological polar surface area (TPSA) is 112 Å². The highest BCUT2D eigenvalue weighted by molar-refractivity contribution is 5.82. The van der Waals surface area contributed by atoms with Crippen molar-refractivity contribution in [1.82, 2.24) is 10.6 Å². The van der Waals surface area contributed by atoms with Crippen molar-refractivity contribution >= 4 is 17.9 Å². The first kappa shape index (κ1) is 25.0. The lowest BCUT2D eigenvalue weighted by atomic mass is 9.80. The number of methoxy groups -OCH3 is 1. The van der Waals surface area contributed by atoms with Crippen LogP contribution in [-0.4, -0.2) is 65.3 Å². The third kappa shape index (κ3) is 4.69. The molecule has 0 aromatic rings. The molecule has 5 aliphatic rings. The molecule has 0 aliphatic carbocycles. The molecule has 7 atom stereocenters. The average Bonchev–Trinajstić information content (AvgIpc) is 3.08. The molecular weight excluding hydrogens is 438 g/mol. The van der Waals surface area contributed by atoms with Gasteiger partial charge >= 0.3 is 11.9 Å². The van der Waals surface area contributed by atoms with E-state index < -0.39 is 11.7 Å². The van der Waals surface area contributed by atoms with E-state index in [0.717, 1.165) is 70.7 Å². The van der Waals surface area contributed by atoms with E-state index in [0.29, 0.717) is 6.04 Å². The van der Waals surface area contributed by atoms with Gasteiger partial charge in [0.15, 0.2) is 11.6 Å². The summed E-state index contributed by atoms with van der Waals surface area (Å²) in [6.07, 6.45) is 13.5. The zero-order chi connectivity index (χ0) is 24.5. The predicted molar refractivity (Wildman–Crippen MR) is 123 cm³/mol. The molecule has 2 N–H and O–H groups in total. The van der Waals surface area contributed by atoms with E-state index in [9.17, 15) is 4.79 Å². The molecule has 2 saturated heterocycles. The second-order valence-corrected chi connectivity index (χ2v) is 10.2. The van der Waals surface area contributed by atoms with Crippen LogP contribution in [0.2, 0.25) is 0 Å². The summed E-state index contributed by atoms with van der Waals surface area (Å²) in [5, 5.41) is 16.4. The lowest BCUT2D eigenvalue weighted by Crippen LogP contribution is -2.76. The Labute approximate surface area is 201 Å². The van der Waals surface area contributed by atoms with Crippen LogP contribution in [0.25, 0.3) is 0 Å². The Balaban J connectivity index is 0.000000636. The van der Waals surface area contributed by atoms with Gasteiger partial charge < -0.3 is 24.1 Å². The number of nitrogens with one attached hydrogen (secondary N) is 2. The average molecular weight is 478 g/mol. The third-order valence-electron chi connectivity index (χ3n) is 7.80. The summed E-state index contributed by atoms with van der Waals surface area (Å²) in [4.78, 5) is 21.9. The van der Waals surface area contributed by atoms with Crippen LogP contribution in [0.15, 0.2) is 12.2 Å². The Morgan fingerprint density at radius 2 is 2.00 bits per heavy atom. The molecule has 0 unspecified atom stereocenters. The van der Waals surface area contributed by atoms with Crippen LogP contribution in [0, 0.1) is 5.92 Å². The van der Waals surface area contributed by atoms with Gasteiger partial charge in [-0.25, -0.2) is 10.6 Å². The van der Waals surface area contributed by atoms with Crippen molar-refractivity contribution in [3.63, 3.8) is 0 Å². The second-order valence-electron chi connectivity index (χ2n) is 10.2. The van der Waals surface area contributed by atoms with Crippen LogP contribution in [0.4, 0.5) is 0 Å². The predicted octanol–water partition coefficient (Wildman–Crippen LogP) is 1.15. The number of nitrogens with zero attached hydrogens (tertiary/aromatic N) is 1. The first-order chi connectivity index (χ1) is 16.2. The number of hydrogen-bond acceptors (Lipinski definition) is 8. The number of esters is 1. The van der Waals surface area contributed by atoms with Gasteiger partial charge in [0.2, 0.25) is 5.72 Å². The van der Waals surface area contributed by atoms with Gasteiger partial charge in [0.1, 0.15) is 0 Å². The van der Waals surface area contributed by atoms with E-state index in [1.165, 1.54) is 7.11 Å². The monoisotopic (exact) mass is 477 g/mol. The van der Waals surface area contributed by atoms with Crippen molar-refractivity contribution in [2.75, 3.05) is 7.11 Å². The maximum atomic E-state index is 13.0.